The van der Waals surface area contributed by atoms with Crippen LogP contribution in [-0.2, 0) is 26.3 Å². The molecule has 3 nitrogen and oxygen atoms in total. The third-order valence-corrected chi connectivity index (χ3v) is 5.98. The van der Waals surface area contributed by atoms with E-state index < -0.39 is 0 Å². The Morgan fingerprint density at radius 3 is 3.10 bits per heavy atom. The fourth-order valence-corrected chi connectivity index (χ4v) is 4.74. The minimum Gasteiger partial charge on any atom is -0.327 e. The highest BCUT2D eigenvalue weighted by atomic mass is 35.5. The summed E-state index contributed by atoms with van der Waals surface area (Å²) in [5.74, 6) is 0.455. The van der Waals surface area contributed by atoms with Gasteiger partial charge in [0.25, 0.3) is 0 Å². The van der Waals surface area contributed by atoms with Crippen LogP contribution in [-0.4, -0.2) is 15.8 Å². The molecule has 2 aromatic heterocycles. The van der Waals surface area contributed by atoms with Gasteiger partial charge in [0.1, 0.15) is 0 Å². The Kier molecular flexibility index (Phi) is 4.38. The number of halogens is 1. The van der Waals surface area contributed by atoms with Crippen molar-refractivity contribution in [2.75, 3.05) is 0 Å². The summed E-state index contributed by atoms with van der Waals surface area (Å²) in [5.41, 5.74) is 10.1. The van der Waals surface area contributed by atoms with Gasteiger partial charge in [-0.15, -0.1) is 11.3 Å². The molecule has 0 spiro atoms. The highest BCUT2D eigenvalue weighted by Crippen LogP contribution is 2.37. The molecule has 3 rings (SSSR count). The van der Waals surface area contributed by atoms with Crippen LogP contribution >= 0.6 is 22.9 Å². The molecule has 0 saturated carbocycles. The molecule has 0 saturated heterocycles. The van der Waals surface area contributed by atoms with E-state index in [0.29, 0.717) is 5.92 Å². The van der Waals surface area contributed by atoms with E-state index >= 15 is 0 Å². The average molecular weight is 324 g/mol. The van der Waals surface area contributed by atoms with Crippen LogP contribution in [0, 0.1) is 0 Å². The number of fused-ring (bicyclic) bond motifs is 1. The first-order valence-corrected chi connectivity index (χ1v) is 8.89. The number of hydrogen-bond acceptors (Lipinski definition) is 3. The molecule has 5 heteroatoms. The van der Waals surface area contributed by atoms with E-state index in [0.717, 1.165) is 29.3 Å². The lowest BCUT2D eigenvalue weighted by atomic mass is 9.81. The Labute approximate surface area is 135 Å². The fraction of sp³-hybridized carbons (Fsp3) is 0.562. The summed E-state index contributed by atoms with van der Waals surface area (Å²) in [6, 6.07) is 2.36. The molecule has 1 aliphatic carbocycles. The number of rotatable bonds is 4. The van der Waals surface area contributed by atoms with Crippen LogP contribution in [0.3, 0.4) is 0 Å². The van der Waals surface area contributed by atoms with Crippen molar-refractivity contribution in [1.29, 1.82) is 0 Å². The molecule has 0 radical (unpaired) electrons. The van der Waals surface area contributed by atoms with Crippen molar-refractivity contribution in [3.63, 3.8) is 0 Å². The lowest BCUT2D eigenvalue weighted by Gasteiger charge is -2.28. The third-order valence-electron chi connectivity index (χ3n) is 4.55. The van der Waals surface area contributed by atoms with E-state index in [4.69, 9.17) is 17.3 Å². The van der Waals surface area contributed by atoms with Gasteiger partial charge < -0.3 is 5.73 Å². The molecule has 2 heterocycles. The smallest absolute Gasteiger partial charge is 0.0850 e. The second-order valence-corrected chi connectivity index (χ2v) is 7.23. The minimum absolute atomic E-state index is 0.108. The monoisotopic (exact) mass is 323 g/mol. The highest BCUT2D eigenvalue weighted by Gasteiger charge is 2.28. The third kappa shape index (κ3) is 2.77. The largest absolute Gasteiger partial charge is 0.327 e. The zero-order chi connectivity index (χ0) is 15.0. The maximum Gasteiger partial charge on any atom is 0.0850 e. The Balaban J connectivity index is 1.82. The molecule has 0 bridgehead atoms. The maximum atomic E-state index is 6.55. The van der Waals surface area contributed by atoms with Crippen molar-refractivity contribution < 1.29 is 0 Å². The molecule has 0 fully saturated rings. The number of hydrogen-bond donors (Lipinski definition) is 1. The van der Waals surface area contributed by atoms with Crippen LogP contribution < -0.4 is 5.73 Å². The van der Waals surface area contributed by atoms with Gasteiger partial charge in [-0.1, -0.05) is 18.5 Å². The van der Waals surface area contributed by atoms with Crippen molar-refractivity contribution >= 4 is 22.9 Å². The molecule has 1 aliphatic rings. The quantitative estimate of drug-likeness (QED) is 0.932. The zero-order valence-corrected chi connectivity index (χ0v) is 14.2. The van der Waals surface area contributed by atoms with Crippen LogP contribution in [0.1, 0.15) is 47.5 Å². The number of nitrogens with two attached hydrogens (primary N) is 1. The second-order valence-electron chi connectivity index (χ2n) is 5.85. The first-order valence-electron chi connectivity index (χ1n) is 7.63. The Hall–Kier alpha value is -0.840. The van der Waals surface area contributed by atoms with Gasteiger partial charge in [0.15, 0.2) is 0 Å². The normalized spacial score (nSPS) is 19.5. The Bertz CT molecular complexity index is 632. The molecule has 0 aliphatic heterocycles. The minimum atomic E-state index is 0.108. The Morgan fingerprint density at radius 2 is 2.38 bits per heavy atom. The molecule has 0 aromatic carbocycles. The first-order chi connectivity index (χ1) is 10.1. The van der Waals surface area contributed by atoms with Crippen molar-refractivity contribution in [1.82, 2.24) is 9.78 Å². The summed E-state index contributed by atoms with van der Waals surface area (Å²) in [5, 5.41) is 7.49. The summed E-state index contributed by atoms with van der Waals surface area (Å²) in [6.45, 7) is 2.08. The van der Waals surface area contributed by atoms with E-state index in [-0.39, 0.29) is 6.04 Å². The molecule has 2 atom stereocenters. The number of thiophene rings is 1. The molecule has 21 heavy (non-hydrogen) atoms. The van der Waals surface area contributed by atoms with E-state index in [1.807, 2.05) is 23.1 Å². The standard InChI is InChI=1S/C16H22ClN3S/c1-3-13-16(17)14(20(2)19-13)9-12(18)10-5-4-6-15-11(10)7-8-21-15/h7-8,10,12H,3-6,9,18H2,1-2H3. The first kappa shape index (κ1) is 15.1. The number of aryl methyl sites for hydroxylation is 3. The SMILES string of the molecule is CCc1nn(C)c(CC(N)C2CCCc3sccc32)c1Cl. The predicted molar refractivity (Wildman–Crippen MR) is 89.3 cm³/mol. The molecule has 2 N–H and O–H groups in total. The predicted octanol–water partition coefficient (Wildman–Crippen LogP) is 3.69. The van der Waals surface area contributed by atoms with Crippen molar-refractivity contribution in [2.45, 2.75) is 51.0 Å². The number of aromatic nitrogens is 2. The molecular formula is C16H22ClN3S. The van der Waals surface area contributed by atoms with Gasteiger partial charge in [0.05, 0.1) is 16.4 Å². The van der Waals surface area contributed by atoms with E-state index in [9.17, 15) is 0 Å². The van der Waals surface area contributed by atoms with Crippen molar-refractivity contribution in [3.8, 4) is 0 Å². The second kappa shape index (κ2) is 6.11. The fourth-order valence-electron chi connectivity index (χ4n) is 3.37. The van der Waals surface area contributed by atoms with Gasteiger partial charge in [-0.25, -0.2) is 0 Å². The van der Waals surface area contributed by atoms with Gasteiger partial charge in [0, 0.05) is 30.3 Å². The molecule has 2 aromatic rings. The summed E-state index contributed by atoms with van der Waals surface area (Å²) in [6.07, 6.45) is 5.29. The maximum absolute atomic E-state index is 6.55. The van der Waals surface area contributed by atoms with Crippen LogP contribution in [0.25, 0.3) is 0 Å². The average Bonchev–Trinajstić information content (AvgIpc) is 3.06. The summed E-state index contributed by atoms with van der Waals surface area (Å²) in [7, 11) is 1.96. The van der Waals surface area contributed by atoms with Crippen LogP contribution in [0.15, 0.2) is 11.4 Å². The van der Waals surface area contributed by atoms with Gasteiger partial charge in [-0.3, -0.25) is 4.68 Å². The topological polar surface area (TPSA) is 43.8 Å². The van der Waals surface area contributed by atoms with Gasteiger partial charge >= 0.3 is 0 Å². The number of nitrogens with zero attached hydrogens (tertiary/aromatic N) is 2. The molecule has 0 amide bonds. The molecular weight excluding hydrogens is 302 g/mol. The van der Waals surface area contributed by atoms with Crippen LogP contribution in [0.5, 0.6) is 0 Å². The lowest BCUT2D eigenvalue weighted by molar-refractivity contribution is 0.455. The molecule has 2 unspecified atom stereocenters. The van der Waals surface area contributed by atoms with Crippen molar-refractivity contribution in [3.05, 3.63) is 38.3 Å². The Morgan fingerprint density at radius 1 is 1.57 bits per heavy atom. The van der Waals surface area contributed by atoms with E-state index in [1.165, 1.54) is 29.7 Å². The van der Waals surface area contributed by atoms with E-state index in [2.05, 4.69) is 23.5 Å². The zero-order valence-electron chi connectivity index (χ0n) is 12.6. The summed E-state index contributed by atoms with van der Waals surface area (Å²) < 4.78 is 1.90. The van der Waals surface area contributed by atoms with E-state index in [1.54, 1.807) is 0 Å². The van der Waals surface area contributed by atoms with Gasteiger partial charge in [-0.05, 0) is 42.7 Å². The lowest BCUT2D eigenvalue weighted by Crippen LogP contribution is -2.33. The van der Waals surface area contributed by atoms with Crippen molar-refractivity contribution in [2.24, 2.45) is 12.8 Å². The van der Waals surface area contributed by atoms with Crippen LogP contribution in [0.4, 0.5) is 0 Å². The van der Waals surface area contributed by atoms with Gasteiger partial charge in [0.2, 0.25) is 0 Å². The van der Waals surface area contributed by atoms with Gasteiger partial charge in [-0.2, -0.15) is 5.10 Å². The van der Waals surface area contributed by atoms with Crippen LogP contribution in [0.2, 0.25) is 5.02 Å². The summed E-state index contributed by atoms with van der Waals surface area (Å²) in [4.78, 5) is 1.52. The summed E-state index contributed by atoms with van der Waals surface area (Å²) >= 11 is 8.32. The highest BCUT2D eigenvalue weighted by molar-refractivity contribution is 7.10. The molecule has 114 valence electrons.